The first-order valence-electron chi connectivity index (χ1n) is 5.26. The molecule has 18 heavy (non-hydrogen) atoms. The molecule has 0 saturated carbocycles. The fourth-order valence-corrected chi connectivity index (χ4v) is 2.09. The summed E-state index contributed by atoms with van der Waals surface area (Å²) in [4.78, 5) is 16.3. The number of aryl methyl sites for hydroxylation is 1. The van der Waals surface area contributed by atoms with Crippen LogP contribution in [0, 0.1) is 6.92 Å². The minimum absolute atomic E-state index is 0.109. The molecule has 2 aromatic heterocycles. The van der Waals surface area contributed by atoms with E-state index in [-0.39, 0.29) is 10.7 Å². The number of nitrogens with two attached hydrogens (primary N) is 2. The quantitative estimate of drug-likeness (QED) is 0.354. The Bertz CT molecular complexity index is 664. The van der Waals surface area contributed by atoms with E-state index in [9.17, 15) is 4.79 Å². The summed E-state index contributed by atoms with van der Waals surface area (Å²) >= 11 is 1.24. The van der Waals surface area contributed by atoms with Gasteiger partial charge in [0.1, 0.15) is 5.65 Å². The van der Waals surface area contributed by atoms with Gasteiger partial charge in [-0.2, -0.15) is 5.10 Å². The predicted octanol–water partition coefficient (Wildman–Crippen LogP) is 0.425. The van der Waals surface area contributed by atoms with Gasteiger partial charge in [0.25, 0.3) is 5.56 Å². The number of hydrogen-bond donors (Lipinski definition) is 2. The van der Waals surface area contributed by atoms with Crippen LogP contribution in [0.1, 0.15) is 11.3 Å². The number of fused-ring (bicyclic) bond motifs is 1. The van der Waals surface area contributed by atoms with Crippen LogP contribution >= 0.6 is 11.8 Å². The summed E-state index contributed by atoms with van der Waals surface area (Å²) in [5.41, 5.74) is 7.63. The van der Waals surface area contributed by atoms with Crippen molar-refractivity contribution in [2.75, 3.05) is 0 Å². The number of thioether (sulfide) groups is 1. The zero-order chi connectivity index (χ0) is 13.1. The van der Waals surface area contributed by atoms with Gasteiger partial charge in [0.15, 0.2) is 5.17 Å². The van der Waals surface area contributed by atoms with E-state index in [2.05, 4.69) is 10.1 Å². The Labute approximate surface area is 108 Å². The fraction of sp³-hybridized carbons (Fsp3) is 0.182. The number of aromatic nitrogens is 2. The molecule has 94 valence electrons. The van der Waals surface area contributed by atoms with Crippen molar-refractivity contribution in [3.05, 3.63) is 46.0 Å². The standard InChI is InChI=1S/C11H13N5OS/c1-7-3-2-4-16-9(17)5-8(14-10(7)16)6-18-11(12)15-13/h2-5H,6,13H2,1H3,(H2,12,15). The third kappa shape index (κ3) is 2.45. The molecule has 0 radical (unpaired) electrons. The van der Waals surface area contributed by atoms with Gasteiger partial charge >= 0.3 is 0 Å². The minimum Gasteiger partial charge on any atom is -0.377 e. The van der Waals surface area contributed by atoms with Gasteiger partial charge in [0, 0.05) is 18.0 Å². The van der Waals surface area contributed by atoms with Crippen molar-refractivity contribution in [2.24, 2.45) is 16.7 Å². The number of hydrazone groups is 1. The summed E-state index contributed by atoms with van der Waals surface area (Å²) < 4.78 is 1.52. The molecule has 6 nitrogen and oxygen atoms in total. The normalized spacial score (nSPS) is 11.9. The molecule has 2 rings (SSSR count). The van der Waals surface area contributed by atoms with Gasteiger partial charge in [0.05, 0.1) is 5.69 Å². The number of amidine groups is 1. The highest BCUT2D eigenvalue weighted by molar-refractivity contribution is 8.13. The highest BCUT2D eigenvalue weighted by Crippen LogP contribution is 2.11. The monoisotopic (exact) mass is 263 g/mol. The maximum atomic E-state index is 11.9. The lowest BCUT2D eigenvalue weighted by Crippen LogP contribution is -2.16. The largest absolute Gasteiger partial charge is 0.377 e. The molecule has 0 amide bonds. The third-order valence-electron chi connectivity index (χ3n) is 2.43. The van der Waals surface area contributed by atoms with E-state index in [1.165, 1.54) is 22.2 Å². The van der Waals surface area contributed by atoms with E-state index in [0.29, 0.717) is 17.1 Å². The molecule has 0 saturated heterocycles. The van der Waals surface area contributed by atoms with E-state index in [1.54, 1.807) is 6.20 Å². The van der Waals surface area contributed by atoms with Crippen molar-refractivity contribution in [1.82, 2.24) is 9.38 Å². The molecule has 2 heterocycles. The number of pyridine rings is 1. The summed E-state index contributed by atoms with van der Waals surface area (Å²) in [6, 6.07) is 5.22. The lowest BCUT2D eigenvalue weighted by Gasteiger charge is -2.05. The van der Waals surface area contributed by atoms with Crippen molar-refractivity contribution < 1.29 is 0 Å². The second kappa shape index (κ2) is 5.09. The van der Waals surface area contributed by atoms with Gasteiger partial charge in [-0.25, -0.2) is 4.98 Å². The highest BCUT2D eigenvalue weighted by Gasteiger charge is 2.05. The Kier molecular flexibility index (Phi) is 3.52. The summed E-state index contributed by atoms with van der Waals surface area (Å²) in [7, 11) is 0. The van der Waals surface area contributed by atoms with Crippen LogP contribution in [0.3, 0.4) is 0 Å². The molecule has 0 aliphatic rings. The van der Waals surface area contributed by atoms with E-state index in [0.717, 1.165) is 5.56 Å². The maximum absolute atomic E-state index is 11.9. The Hall–Kier alpha value is -2.02. The average Bonchev–Trinajstić information content (AvgIpc) is 2.37. The first-order valence-corrected chi connectivity index (χ1v) is 6.24. The topological polar surface area (TPSA) is 98.8 Å². The van der Waals surface area contributed by atoms with Crippen LogP contribution in [0.5, 0.6) is 0 Å². The van der Waals surface area contributed by atoms with E-state index in [4.69, 9.17) is 11.6 Å². The first kappa shape index (κ1) is 12.4. The van der Waals surface area contributed by atoms with Gasteiger partial charge in [-0.1, -0.05) is 17.8 Å². The zero-order valence-corrected chi connectivity index (χ0v) is 10.6. The third-order valence-corrected chi connectivity index (χ3v) is 3.28. The Balaban J connectivity index is 2.42. The molecule has 2 aromatic rings. The Morgan fingerprint density at radius 3 is 3.11 bits per heavy atom. The van der Waals surface area contributed by atoms with Crippen molar-refractivity contribution in [3.63, 3.8) is 0 Å². The maximum Gasteiger partial charge on any atom is 0.258 e. The second-order valence-corrected chi connectivity index (χ2v) is 4.72. The molecule has 0 aliphatic heterocycles. The van der Waals surface area contributed by atoms with Crippen molar-refractivity contribution in [3.8, 4) is 0 Å². The van der Waals surface area contributed by atoms with Crippen LogP contribution < -0.4 is 17.1 Å². The Morgan fingerprint density at radius 1 is 1.61 bits per heavy atom. The van der Waals surface area contributed by atoms with E-state index in [1.807, 2.05) is 19.1 Å². The highest BCUT2D eigenvalue weighted by atomic mass is 32.2. The smallest absolute Gasteiger partial charge is 0.258 e. The van der Waals surface area contributed by atoms with Crippen molar-refractivity contribution >= 4 is 22.6 Å². The fourth-order valence-electron chi connectivity index (χ4n) is 1.57. The van der Waals surface area contributed by atoms with Gasteiger partial charge < -0.3 is 11.6 Å². The number of hydrogen-bond acceptors (Lipinski definition) is 5. The zero-order valence-electron chi connectivity index (χ0n) is 9.83. The molecule has 0 unspecified atom stereocenters. The van der Waals surface area contributed by atoms with Gasteiger partial charge in [0.2, 0.25) is 0 Å². The first-order chi connectivity index (χ1) is 8.61. The molecular formula is C11H13N5OS. The molecule has 0 spiro atoms. The van der Waals surface area contributed by atoms with E-state index < -0.39 is 0 Å². The lowest BCUT2D eigenvalue weighted by atomic mass is 10.3. The van der Waals surface area contributed by atoms with Crippen molar-refractivity contribution in [2.45, 2.75) is 12.7 Å². The van der Waals surface area contributed by atoms with Crippen molar-refractivity contribution in [1.29, 1.82) is 0 Å². The molecule has 0 aliphatic carbocycles. The van der Waals surface area contributed by atoms with E-state index >= 15 is 0 Å². The number of nitrogens with zero attached hydrogens (tertiary/aromatic N) is 3. The van der Waals surface area contributed by atoms with Gasteiger partial charge in [-0.15, -0.1) is 0 Å². The van der Waals surface area contributed by atoms with Gasteiger partial charge in [-0.3, -0.25) is 9.20 Å². The summed E-state index contributed by atoms with van der Waals surface area (Å²) in [6.07, 6.45) is 1.70. The summed E-state index contributed by atoms with van der Waals surface area (Å²) in [5.74, 6) is 5.50. The predicted molar refractivity (Wildman–Crippen MR) is 73.3 cm³/mol. The number of rotatable bonds is 2. The summed E-state index contributed by atoms with van der Waals surface area (Å²) in [6.45, 7) is 1.91. The summed E-state index contributed by atoms with van der Waals surface area (Å²) in [5, 5.41) is 3.62. The molecule has 0 aromatic carbocycles. The van der Waals surface area contributed by atoms with Crippen LogP contribution in [0.4, 0.5) is 0 Å². The molecule has 0 bridgehead atoms. The van der Waals surface area contributed by atoms with Crippen LogP contribution in [0.15, 0.2) is 34.3 Å². The molecule has 0 fully saturated rings. The second-order valence-electron chi connectivity index (χ2n) is 3.73. The molecule has 0 atom stereocenters. The van der Waals surface area contributed by atoms with Crippen LogP contribution in [0.25, 0.3) is 5.65 Å². The SMILES string of the molecule is Cc1cccn2c(=O)cc(CSC(N)=NN)nc12. The minimum atomic E-state index is -0.109. The Morgan fingerprint density at radius 2 is 2.39 bits per heavy atom. The molecular weight excluding hydrogens is 250 g/mol. The van der Waals surface area contributed by atoms with Gasteiger partial charge in [-0.05, 0) is 18.6 Å². The van der Waals surface area contributed by atoms with Crippen LogP contribution in [0.2, 0.25) is 0 Å². The molecule has 4 N–H and O–H groups in total. The average molecular weight is 263 g/mol. The molecule has 7 heteroatoms. The van der Waals surface area contributed by atoms with Crippen LogP contribution in [-0.2, 0) is 5.75 Å². The van der Waals surface area contributed by atoms with Crippen LogP contribution in [-0.4, -0.2) is 14.6 Å². The lowest BCUT2D eigenvalue weighted by molar-refractivity contribution is 1.00.